The molecule has 0 radical (unpaired) electrons. The predicted octanol–water partition coefficient (Wildman–Crippen LogP) is 3.29. The molecule has 0 unspecified atom stereocenters. The summed E-state index contributed by atoms with van der Waals surface area (Å²) in [4.78, 5) is 10.7. The highest BCUT2D eigenvalue weighted by Gasteiger charge is 2.10. The summed E-state index contributed by atoms with van der Waals surface area (Å²) in [6, 6.07) is 8.48. The Morgan fingerprint density at radius 1 is 1.38 bits per heavy atom. The van der Waals surface area contributed by atoms with Crippen molar-refractivity contribution in [2.75, 3.05) is 7.11 Å². The number of methoxy groups -OCH3 is 1. The lowest BCUT2D eigenvalue weighted by Gasteiger charge is -2.10. The molecule has 0 spiro atoms. The van der Waals surface area contributed by atoms with Crippen LogP contribution in [0.25, 0.3) is 0 Å². The lowest BCUT2D eigenvalue weighted by molar-refractivity contribution is 0.0658. The number of benzene rings is 1. The number of carboxylic acid groups (broad SMARTS) is 1. The Labute approximate surface area is 122 Å². The molecule has 2 aromatic rings. The second-order valence-corrected chi connectivity index (χ2v) is 4.33. The molecule has 2 rings (SSSR count). The number of ether oxygens (including phenoxy) is 2. The molecule has 110 valence electrons. The first-order valence-electron chi connectivity index (χ1n) is 6.36. The van der Waals surface area contributed by atoms with E-state index in [1.54, 1.807) is 25.3 Å². The van der Waals surface area contributed by atoms with Crippen molar-refractivity contribution in [3.63, 3.8) is 0 Å². The zero-order valence-corrected chi connectivity index (χ0v) is 11.7. The minimum absolute atomic E-state index is 0.104. The van der Waals surface area contributed by atoms with Crippen molar-refractivity contribution in [3.8, 4) is 11.5 Å². The molecule has 1 heterocycles. The second kappa shape index (κ2) is 6.65. The Morgan fingerprint density at radius 2 is 2.19 bits per heavy atom. The van der Waals surface area contributed by atoms with E-state index in [-0.39, 0.29) is 12.4 Å². The highest BCUT2D eigenvalue weighted by molar-refractivity contribution is 5.84. The second-order valence-electron chi connectivity index (χ2n) is 4.33. The van der Waals surface area contributed by atoms with E-state index in [9.17, 15) is 4.79 Å². The van der Waals surface area contributed by atoms with Crippen molar-refractivity contribution >= 4 is 5.97 Å². The first kappa shape index (κ1) is 14.7. The van der Waals surface area contributed by atoms with Gasteiger partial charge in [-0.25, -0.2) is 4.79 Å². The third-order valence-electron chi connectivity index (χ3n) is 2.88. The standard InChI is InChI=1S/C16H16O5/c1-3-4-11-5-6-12(9-15(11)19-2)20-10-13-7-8-14(21-13)16(17)18/h3,5-9H,1,4,10H2,2H3,(H,17,18). The van der Waals surface area contributed by atoms with Gasteiger partial charge in [-0.3, -0.25) is 0 Å². The number of carboxylic acids is 1. The Balaban J connectivity index is 2.05. The van der Waals surface area contributed by atoms with Crippen molar-refractivity contribution in [2.45, 2.75) is 13.0 Å². The van der Waals surface area contributed by atoms with Gasteiger partial charge in [0, 0.05) is 6.07 Å². The molecule has 0 bridgehead atoms. The maximum Gasteiger partial charge on any atom is 0.371 e. The van der Waals surface area contributed by atoms with Crippen molar-refractivity contribution in [2.24, 2.45) is 0 Å². The Bertz CT molecular complexity index is 642. The van der Waals surface area contributed by atoms with Crippen LogP contribution in [0.2, 0.25) is 0 Å². The van der Waals surface area contributed by atoms with Crippen LogP contribution >= 0.6 is 0 Å². The van der Waals surface area contributed by atoms with Crippen molar-refractivity contribution in [1.29, 1.82) is 0 Å². The van der Waals surface area contributed by atoms with Gasteiger partial charge in [-0.15, -0.1) is 6.58 Å². The summed E-state index contributed by atoms with van der Waals surface area (Å²) >= 11 is 0. The number of furan rings is 1. The van der Waals surface area contributed by atoms with Gasteiger partial charge in [-0.05, 0) is 30.2 Å². The van der Waals surface area contributed by atoms with Crippen LogP contribution in [0, 0.1) is 0 Å². The maximum absolute atomic E-state index is 10.7. The number of hydrogen-bond donors (Lipinski definition) is 1. The van der Waals surface area contributed by atoms with Crippen LogP contribution in [-0.4, -0.2) is 18.2 Å². The summed E-state index contributed by atoms with van der Waals surface area (Å²) in [6.07, 6.45) is 2.51. The average molecular weight is 288 g/mol. The van der Waals surface area contributed by atoms with E-state index in [2.05, 4.69) is 6.58 Å². The van der Waals surface area contributed by atoms with Crippen LogP contribution in [0.15, 0.2) is 47.4 Å². The summed E-state index contributed by atoms with van der Waals surface area (Å²) < 4.78 is 16.0. The third kappa shape index (κ3) is 3.66. The molecule has 5 heteroatoms. The molecular weight excluding hydrogens is 272 g/mol. The fourth-order valence-corrected chi connectivity index (χ4v) is 1.86. The van der Waals surface area contributed by atoms with E-state index in [4.69, 9.17) is 19.0 Å². The highest BCUT2D eigenvalue weighted by atomic mass is 16.5. The first-order valence-corrected chi connectivity index (χ1v) is 6.36. The molecule has 0 aliphatic carbocycles. The van der Waals surface area contributed by atoms with Crippen molar-refractivity contribution in [3.05, 3.63) is 60.1 Å². The fourth-order valence-electron chi connectivity index (χ4n) is 1.86. The summed E-state index contributed by atoms with van der Waals surface area (Å²) in [5, 5.41) is 8.77. The molecule has 0 atom stereocenters. The van der Waals surface area contributed by atoms with Gasteiger partial charge >= 0.3 is 5.97 Å². The largest absolute Gasteiger partial charge is 0.496 e. The average Bonchev–Trinajstić information content (AvgIpc) is 2.95. The molecule has 21 heavy (non-hydrogen) atoms. The predicted molar refractivity (Wildman–Crippen MR) is 76.9 cm³/mol. The van der Waals surface area contributed by atoms with E-state index in [0.717, 1.165) is 11.3 Å². The van der Waals surface area contributed by atoms with Gasteiger partial charge in [0.25, 0.3) is 0 Å². The topological polar surface area (TPSA) is 68.9 Å². The van der Waals surface area contributed by atoms with Crippen LogP contribution in [0.3, 0.4) is 0 Å². The van der Waals surface area contributed by atoms with Crippen LogP contribution in [0.5, 0.6) is 11.5 Å². The van der Waals surface area contributed by atoms with Gasteiger partial charge < -0.3 is 19.0 Å². The molecule has 0 saturated heterocycles. The molecule has 0 aliphatic heterocycles. The smallest absolute Gasteiger partial charge is 0.371 e. The van der Waals surface area contributed by atoms with E-state index < -0.39 is 5.97 Å². The van der Waals surface area contributed by atoms with Gasteiger partial charge in [-0.2, -0.15) is 0 Å². The monoisotopic (exact) mass is 288 g/mol. The quantitative estimate of drug-likeness (QED) is 0.792. The van der Waals surface area contributed by atoms with Gasteiger partial charge in [0.2, 0.25) is 5.76 Å². The van der Waals surface area contributed by atoms with Crippen LogP contribution < -0.4 is 9.47 Å². The number of allylic oxidation sites excluding steroid dienone is 1. The molecule has 5 nitrogen and oxygen atoms in total. The summed E-state index contributed by atoms with van der Waals surface area (Å²) in [5.74, 6) is 0.580. The van der Waals surface area contributed by atoms with Crippen molar-refractivity contribution < 1.29 is 23.8 Å². The Kier molecular flexibility index (Phi) is 4.66. The van der Waals surface area contributed by atoms with E-state index >= 15 is 0 Å². The molecule has 0 fully saturated rings. The molecule has 0 amide bonds. The summed E-state index contributed by atoms with van der Waals surface area (Å²) in [7, 11) is 1.59. The van der Waals surface area contributed by atoms with Gasteiger partial charge in [-0.1, -0.05) is 12.1 Å². The van der Waals surface area contributed by atoms with Crippen LogP contribution in [-0.2, 0) is 13.0 Å². The molecule has 1 aromatic carbocycles. The zero-order chi connectivity index (χ0) is 15.2. The SMILES string of the molecule is C=CCc1ccc(OCc2ccc(C(=O)O)o2)cc1OC. The molecule has 0 saturated carbocycles. The minimum atomic E-state index is -1.10. The lowest BCUT2D eigenvalue weighted by Crippen LogP contribution is -1.97. The van der Waals surface area contributed by atoms with E-state index in [1.165, 1.54) is 6.07 Å². The lowest BCUT2D eigenvalue weighted by atomic mass is 10.1. The van der Waals surface area contributed by atoms with Gasteiger partial charge in [0.05, 0.1) is 7.11 Å². The highest BCUT2D eigenvalue weighted by Crippen LogP contribution is 2.26. The van der Waals surface area contributed by atoms with Crippen LogP contribution in [0.4, 0.5) is 0 Å². The van der Waals surface area contributed by atoms with Crippen LogP contribution in [0.1, 0.15) is 21.9 Å². The number of hydrogen-bond acceptors (Lipinski definition) is 4. The summed E-state index contributed by atoms with van der Waals surface area (Å²) in [6.45, 7) is 3.85. The van der Waals surface area contributed by atoms with E-state index in [1.807, 2.05) is 12.1 Å². The number of carbonyl (C=O) groups is 1. The third-order valence-corrected chi connectivity index (χ3v) is 2.88. The van der Waals surface area contributed by atoms with E-state index in [0.29, 0.717) is 17.9 Å². The number of aromatic carboxylic acids is 1. The van der Waals surface area contributed by atoms with Gasteiger partial charge in [0.1, 0.15) is 23.9 Å². The minimum Gasteiger partial charge on any atom is -0.496 e. The molecular formula is C16H16O5. The molecule has 0 aliphatic rings. The fraction of sp³-hybridized carbons (Fsp3) is 0.188. The molecule has 1 N–H and O–H groups in total. The first-order chi connectivity index (χ1) is 10.1. The Hall–Kier alpha value is -2.69. The number of rotatable bonds is 7. The normalized spacial score (nSPS) is 10.1. The maximum atomic E-state index is 10.7. The zero-order valence-electron chi connectivity index (χ0n) is 11.7. The van der Waals surface area contributed by atoms with Crippen molar-refractivity contribution in [1.82, 2.24) is 0 Å². The summed E-state index contributed by atoms with van der Waals surface area (Å²) in [5.41, 5.74) is 1.02. The Morgan fingerprint density at radius 3 is 2.81 bits per heavy atom. The van der Waals surface area contributed by atoms with Gasteiger partial charge in [0.15, 0.2) is 0 Å². The molecule has 1 aromatic heterocycles.